The topological polar surface area (TPSA) is 97.8 Å². The van der Waals surface area contributed by atoms with Crippen molar-refractivity contribution in [1.29, 1.82) is 0 Å². The Balaban J connectivity index is 2.23. The summed E-state index contributed by atoms with van der Waals surface area (Å²) < 4.78 is 37.2. The number of pyridine rings is 1. The Morgan fingerprint density at radius 1 is 1.07 bits per heavy atom. The fraction of sp³-hybridized carbons (Fsp3) is 0.250. The number of hydrogen-bond donors (Lipinski definition) is 2. The number of nitrogens with one attached hydrogen (secondary N) is 1. The molecule has 0 unspecified atom stereocenters. The van der Waals surface area contributed by atoms with Crippen LogP contribution in [0.1, 0.15) is 5.56 Å². The molecule has 2 N–H and O–H groups in total. The Morgan fingerprint density at radius 2 is 1.82 bits per heavy atom. The maximum absolute atomic E-state index is 13.4. The number of fused-ring (bicyclic) bond motifs is 1. The summed E-state index contributed by atoms with van der Waals surface area (Å²) in [7, 11) is -0.972. The third kappa shape index (κ3) is 3.61. The molecule has 3 rings (SSSR count). The van der Waals surface area contributed by atoms with Crippen LogP contribution in [0.4, 0.5) is 5.69 Å². The largest absolute Gasteiger partial charge is 0.493 e. The molecule has 0 aliphatic rings. The Morgan fingerprint density at radius 3 is 2.50 bits per heavy atom. The lowest BCUT2D eigenvalue weighted by atomic mass is 10.1. The van der Waals surface area contributed by atoms with Crippen molar-refractivity contribution in [3.05, 3.63) is 48.2 Å². The van der Waals surface area contributed by atoms with E-state index in [-0.39, 0.29) is 22.9 Å². The predicted octanol–water partition coefficient (Wildman–Crippen LogP) is 2.80. The molecular formula is C20H22N2O5S. The van der Waals surface area contributed by atoms with Gasteiger partial charge in [0.05, 0.1) is 36.9 Å². The number of anilines is 1. The van der Waals surface area contributed by atoms with Crippen LogP contribution in [0.15, 0.2) is 52.4 Å². The number of ether oxygens (including phenoxy) is 2. The lowest BCUT2D eigenvalue weighted by Gasteiger charge is -2.16. The van der Waals surface area contributed by atoms with Crippen LogP contribution in [-0.2, 0) is 9.84 Å². The van der Waals surface area contributed by atoms with E-state index in [4.69, 9.17) is 9.47 Å². The highest BCUT2D eigenvalue weighted by molar-refractivity contribution is 7.91. The van der Waals surface area contributed by atoms with Gasteiger partial charge in [-0.15, -0.1) is 0 Å². The van der Waals surface area contributed by atoms with E-state index in [0.29, 0.717) is 28.1 Å². The second kappa shape index (κ2) is 8.04. The SMILES string of the molecule is COc1ccc(S(=O)(=O)c2cnc3ccc(C)cc3c2NCCO)cc1OC. The van der Waals surface area contributed by atoms with E-state index in [1.54, 1.807) is 6.07 Å². The Kier molecular flexibility index (Phi) is 5.71. The van der Waals surface area contributed by atoms with Crippen LogP contribution < -0.4 is 14.8 Å². The van der Waals surface area contributed by atoms with Gasteiger partial charge in [0.1, 0.15) is 4.90 Å². The normalized spacial score (nSPS) is 11.4. The van der Waals surface area contributed by atoms with E-state index in [9.17, 15) is 13.5 Å². The first-order valence-electron chi connectivity index (χ1n) is 8.63. The van der Waals surface area contributed by atoms with Crippen molar-refractivity contribution in [1.82, 2.24) is 4.98 Å². The molecule has 0 spiro atoms. The summed E-state index contributed by atoms with van der Waals surface area (Å²) in [5, 5.41) is 12.9. The molecule has 0 saturated heterocycles. The zero-order valence-corrected chi connectivity index (χ0v) is 16.7. The molecule has 0 radical (unpaired) electrons. The molecule has 28 heavy (non-hydrogen) atoms. The van der Waals surface area contributed by atoms with Gasteiger partial charge in [-0.2, -0.15) is 0 Å². The number of aliphatic hydroxyl groups excluding tert-OH is 1. The van der Waals surface area contributed by atoms with Crippen molar-refractivity contribution in [2.75, 3.05) is 32.7 Å². The molecule has 3 aromatic rings. The van der Waals surface area contributed by atoms with Gasteiger partial charge >= 0.3 is 0 Å². The van der Waals surface area contributed by atoms with Gasteiger partial charge in [-0.25, -0.2) is 8.42 Å². The van der Waals surface area contributed by atoms with Crippen molar-refractivity contribution in [2.24, 2.45) is 0 Å². The highest BCUT2D eigenvalue weighted by atomic mass is 32.2. The standard InChI is InChI=1S/C20H22N2O5S/c1-13-4-6-16-15(10-13)20(21-8-9-23)19(12-22-16)28(24,25)14-5-7-17(26-2)18(11-14)27-3/h4-7,10-12,23H,8-9H2,1-3H3,(H,21,22). The third-order valence-electron chi connectivity index (χ3n) is 4.36. The number of aromatic nitrogens is 1. The number of nitrogens with zero attached hydrogens (tertiary/aromatic N) is 1. The first-order chi connectivity index (χ1) is 13.4. The Hall–Kier alpha value is -2.84. The fourth-order valence-electron chi connectivity index (χ4n) is 2.97. The summed E-state index contributed by atoms with van der Waals surface area (Å²) in [5.74, 6) is 0.755. The van der Waals surface area contributed by atoms with Crippen molar-refractivity contribution < 1.29 is 23.0 Å². The molecule has 0 bridgehead atoms. The summed E-state index contributed by atoms with van der Waals surface area (Å²) in [6.45, 7) is 2.00. The number of aliphatic hydroxyl groups is 1. The molecule has 0 fully saturated rings. The van der Waals surface area contributed by atoms with E-state index in [1.807, 2.05) is 25.1 Å². The molecule has 0 aliphatic carbocycles. The first kappa shape index (κ1) is 19.9. The predicted molar refractivity (Wildman–Crippen MR) is 107 cm³/mol. The smallest absolute Gasteiger partial charge is 0.210 e. The van der Waals surface area contributed by atoms with E-state index in [0.717, 1.165) is 5.56 Å². The van der Waals surface area contributed by atoms with Crippen molar-refractivity contribution >= 4 is 26.4 Å². The van der Waals surface area contributed by atoms with Gasteiger partial charge in [-0.05, 0) is 31.2 Å². The second-order valence-electron chi connectivity index (χ2n) is 6.19. The molecule has 1 heterocycles. The maximum Gasteiger partial charge on any atom is 0.210 e. The van der Waals surface area contributed by atoms with Gasteiger partial charge in [0.2, 0.25) is 9.84 Å². The van der Waals surface area contributed by atoms with E-state index in [2.05, 4.69) is 10.3 Å². The molecular weight excluding hydrogens is 380 g/mol. The average molecular weight is 402 g/mol. The molecule has 0 atom stereocenters. The lowest BCUT2D eigenvalue weighted by Crippen LogP contribution is -2.12. The molecule has 0 saturated carbocycles. The van der Waals surface area contributed by atoms with Gasteiger partial charge in [-0.3, -0.25) is 4.98 Å². The second-order valence-corrected chi connectivity index (χ2v) is 8.11. The van der Waals surface area contributed by atoms with Gasteiger partial charge in [0.25, 0.3) is 0 Å². The molecule has 0 aliphatic heterocycles. The number of sulfone groups is 1. The Bertz CT molecular complexity index is 1110. The molecule has 2 aromatic carbocycles. The monoisotopic (exact) mass is 402 g/mol. The highest BCUT2D eigenvalue weighted by Crippen LogP contribution is 2.36. The minimum Gasteiger partial charge on any atom is -0.493 e. The minimum absolute atomic E-state index is 0.0336. The van der Waals surface area contributed by atoms with Crippen LogP contribution in [0.2, 0.25) is 0 Å². The van der Waals surface area contributed by atoms with Crippen LogP contribution in [0.3, 0.4) is 0 Å². The van der Waals surface area contributed by atoms with Gasteiger partial charge in [0, 0.05) is 24.2 Å². The Labute approximate surface area is 163 Å². The van der Waals surface area contributed by atoms with Crippen molar-refractivity contribution in [3.63, 3.8) is 0 Å². The molecule has 7 nitrogen and oxygen atoms in total. The summed E-state index contributed by atoms with van der Waals surface area (Å²) in [5.41, 5.74) is 2.05. The number of aryl methyl sites for hydroxylation is 1. The molecule has 0 amide bonds. The molecule has 148 valence electrons. The van der Waals surface area contributed by atoms with Crippen LogP contribution in [0, 0.1) is 6.92 Å². The highest BCUT2D eigenvalue weighted by Gasteiger charge is 2.25. The summed E-state index contributed by atoms with van der Waals surface area (Å²) in [6, 6.07) is 10.0. The number of rotatable bonds is 7. The van der Waals surface area contributed by atoms with E-state index < -0.39 is 9.84 Å². The van der Waals surface area contributed by atoms with Crippen molar-refractivity contribution in [2.45, 2.75) is 16.7 Å². The van der Waals surface area contributed by atoms with Gasteiger partial charge < -0.3 is 19.9 Å². The van der Waals surface area contributed by atoms with Crippen LogP contribution in [-0.4, -0.2) is 45.9 Å². The zero-order chi connectivity index (χ0) is 20.3. The van der Waals surface area contributed by atoms with Gasteiger partial charge in [-0.1, -0.05) is 11.6 Å². The van der Waals surface area contributed by atoms with Gasteiger partial charge in [0.15, 0.2) is 11.5 Å². The average Bonchev–Trinajstić information content (AvgIpc) is 2.71. The number of hydrogen-bond acceptors (Lipinski definition) is 7. The summed E-state index contributed by atoms with van der Waals surface area (Å²) >= 11 is 0. The molecule has 1 aromatic heterocycles. The van der Waals surface area contributed by atoms with Crippen LogP contribution in [0.25, 0.3) is 10.9 Å². The number of methoxy groups -OCH3 is 2. The third-order valence-corrected chi connectivity index (χ3v) is 6.12. The molecule has 8 heteroatoms. The van der Waals surface area contributed by atoms with Crippen molar-refractivity contribution in [3.8, 4) is 11.5 Å². The van der Waals surface area contributed by atoms with E-state index in [1.165, 1.54) is 32.5 Å². The quantitative estimate of drug-likeness (QED) is 0.627. The van der Waals surface area contributed by atoms with Crippen LogP contribution in [0.5, 0.6) is 11.5 Å². The lowest BCUT2D eigenvalue weighted by molar-refractivity contribution is 0.311. The minimum atomic E-state index is -3.90. The summed E-state index contributed by atoms with van der Waals surface area (Å²) in [6.07, 6.45) is 1.34. The number of benzene rings is 2. The van der Waals surface area contributed by atoms with Crippen LogP contribution >= 0.6 is 0 Å². The summed E-state index contributed by atoms with van der Waals surface area (Å²) in [4.78, 5) is 4.42. The maximum atomic E-state index is 13.4. The first-order valence-corrected chi connectivity index (χ1v) is 10.1. The zero-order valence-electron chi connectivity index (χ0n) is 15.9. The van der Waals surface area contributed by atoms with E-state index >= 15 is 0 Å². The fourth-order valence-corrected chi connectivity index (χ4v) is 4.37.